The van der Waals surface area contributed by atoms with Gasteiger partial charge in [0.2, 0.25) is 0 Å². The molecule has 1 aromatic heterocycles. The van der Waals surface area contributed by atoms with Gasteiger partial charge in [-0.3, -0.25) is 0 Å². The summed E-state index contributed by atoms with van der Waals surface area (Å²) >= 11 is 12.0. The molecule has 13 heavy (non-hydrogen) atoms. The van der Waals surface area contributed by atoms with Crippen molar-refractivity contribution in [3.8, 4) is 0 Å². The maximum absolute atomic E-state index is 10.8. The van der Waals surface area contributed by atoms with E-state index in [-0.39, 0.29) is 5.78 Å². The summed E-state index contributed by atoms with van der Waals surface area (Å²) in [5.41, 5.74) is 1.17. The number of ketones is 1. The van der Waals surface area contributed by atoms with Gasteiger partial charge < -0.3 is 4.79 Å². The Labute approximate surface area is 106 Å². The molecular weight excluding hydrogens is 384 g/mol. The summed E-state index contributed by atoms with van der Waals surface area (Å²) in [7, 11) is 0. The van der Waals surface area contributed by atoms with Gasteiger partial charge in [0.1, 0.15) is 5.78 Å². The zero-order chi connectivity index (χ0) is 10.0. The molecule has 0 aliphatic heterocycles. The van der Waals surface area contributed by atoms with E-state index in [1.54, 1.807) is 18.3 Å². The first-order valence-corrected chi connectivity index (χ1v) is 6.83. The molecule has 1 heterocycles. The van der Waals surface area contributed by atoms with Crippen LogP contribution in [0, 0.1) is 0 Å². The SMILES string of the molecule is CC(=O)CCc1c(Br)sc(Br)c1Br. The van der Waals surface area contributed by atoms with Gasteiger partial charge in [0.15, 0.2) is 0 Å². The molecule has 0 bridgehead atoms. The van der Waals surface area contributed by atoms with Gasteiger partial charge in [-0.2, -0.15) is 0 Å². The lowest BCUT2D eigenvalue weighted by Crippen LogP contribution is -1.93. The summed E-state index contributed by atoms with van der Waals surface area (Å²) in [4.78, 5) is 10.8. The molecule has 0 radical (unpaired) electrons. The molecule has 0 aliphatic rings. The molecule has 0 atom stereocenters. The van der Waals surface area contributed by atoms with Crippen molar-refractivity contribution < 1.29 is 4.79 Å². The number of carbonyl (C=O) groups excluding carboxylic acids is 1. The fraction of sp³-hybridized carbons (Fsp3) is 0.375. The first-order valence-electron chi connectivity index (χ1n) is 3.64. The number of halogens is 3. The normalized spacial score (nSPS) is 10.5. The van der Waals surface area contributed by atoms with Crippen LogP contribution in [-0.4, -0.2) is 5.78 Å². The van der Waals surface area contributed by atoms with E-state index in [1.165, 1.54) is 5.56 Å². The van der Waals surface area contributed by atoms with Crippen LogP contribution in [0.5, 0.6) is 0 Å². The Bertz CT molecular complexity index is 332. The highest BCUT2D eigenvalue weighted by Crippen LogP contribution is 2.41. The van der Waals surface area contributed by atoms with Crippen LogP contribution in [0.1, 0.15) is 18.9 Å². The van der Waals surface area contributed by atoms with E-state index < -0.39 is 0 Å². The molecule has 0 N–H and O–H groups in total. The van der Waals surface area contributed by atoms with Crippen molar-refractivity contribution in [3.63, 3.8) is 0 Å². The highest BCUT2D eigenvalue weighted by atomic mass is 79.9. The third kappa shape index (κ3) is 3.15. The van der Waals surface area contributed by atoms with E-state index in [0.29, 0.717) is 6.42 Å². The molecule has 0 aliphatic carbocycles. The largest absolute Gasteiger partial charge is 0.300 e. The smallest absolute Gasteiger partial charge is 0.130 e. The Morgan fingerprint density at radius 2 is 1.92 bits per heavy atom. The zero-order valence-corrected chi connectivity index (χ0v) is 12.4. The van der Waals surface area contributed by atoms with E-state index >= 15 is 0 Å². The molecule has 0 spiro atoms. The van der Waals surface area contributed by atoms with Crippen molar-refractivity contribution in [2.75, 3.05) is 0 Å². The monoisotopic (exact) mass is 388 g/mol. The second-order valence-corrected chi connectivity index (χ2v) is 7.09. The molecule has 0 unspecified atom stereocenters. The molecule has 1 aromatic rings. The molecule has 0 fully saturated rings. The topological polar surface area (TPSA) is 17.1 Å². The van der Waals surface area contributed by atoms with Crippen molar-refractivity contribution in [1.29, 1.82) is 0 Å². The number of thiophene rings is 1. The van der Waals surface area contributed by atoms with Crippen LogP contribution in [-0.2, 0) is 11.2 Å². The summed E-state index contributed by atoms with van der Waals surface area (Å²) in [5.74, 6) is 0.223. The van der Waals surface area contributed by atoms with Crippen LogP contribution in [0.4, 0.5) is 0 Å². The van der Waals surface area contributed by atoms with E-state index in [2.05, 4.69) is 47.8 Å². The van der Waals surface area contributed by atoms with Gasteiger partial charge in [-0.1, -0.05) is 0 Å². The van der Waals surface area contributed by atoms with Crippen LogP contribution in [0.15, 0.2) is 12.0 Å². The third-order valence-corrected chi connectivity index (χ3v) is 5.91. The maximum Gasteiger partial charge on any atom is 0.130 e. The first kappa shape index (κ1) is 11.9. The number of Topliss-reactive ketones (excluding diaryl/α,β-unsaturated/α-hetero) is 1. The molecule has 5 heteroatoms. The van der Waals surface area contributed by atoms with Gasteiger partial charge in [0, 0.05) is 10.9 Å². The molecule has 1 nitrogen and oxygen atoms in total. The van der Waals surface area contributed by atoms with Crippen LogP contribution < -0.4 is 0 Å². The highest BCUT2D eigenvalue weighted by molar-refractivity contribution is 9.14. The molecule has 1 rings (SSSR count). The number of hydrogen-bond donors (Lipinski definition) is 0. The maximum atomic E-state index is 10.8. The predicted octanol–water partition coefficient (Wildman–Crippen LogP) is 4.56. The highest BCUT2D eigenvalue weighted by Gasteiger charge is 2.12. The molecule has 0 amide bonds. The van der Waals surface area contributed by atoms with Crippen molar-refractivity contribution in [3.05, 3.63) is 17.6 Å². The van der Waals surface area contributed by atoms with Gasteiger partial charge in [0.05, 0.1) is 7.57 Å². The summed E-state index contributed by atoms with van der Waals surface area (Å²) in [6.07, 6.45) is 1.39. The first-order chi connectivity index (χ1) is 6.02. The second-order valence-electron chi connectivity index (χ2n) is 2.64. The average molecular weight is 391 g/mol. The lowest BCUT2D eigenvalue weighted by molar-refractivity contribution is -0.116. The van der Waals surface area contributed by atoms with Crippen molar-refractivity contribution in [2.24, 2.45) is 0 Å². The molecule has 72 valence electrons. The average Bonchev–Trinajstić information content (AvgIpc) is 2.24. The van der Waals surface area contributed by atoms with Gasteiger partial charge >= 0.3 is 0 Å². The van der Waals surface area contributed by atoms with E-state index in [9.17, 15) is 4.79 Å². The minimum Gasteiger partial charge on any atom is -0.300 e. The summed E-state index contributed by atoms with van der Waals surface area (Å²) in [6, 6.07) is 0. The zero-order valence-electron chi connectivity index (χ0n) is 6.86. The summed E-state index contributed by atoms with van der Waals surface area (Å²) < 4.78 is 3.22. The van der Waals surface area contributed by atoms with Gasteiger partial charge in [-0.25, -0.2) is 0 Å². The third-order valence-electron chi connectivity index (χ3n) is 1.58. The van der Waals surface area contributed by atoms with Gasteiger partial charge in [-0.05, 0) is 66.7 Å². The Morgan fingerprint density at radius 1 is 1.31 bits per heavy atom. The van der Waals surface area contributed by atoms with Crippen LogP contribution in [0.25, 0.3) is 0 Å². The van der Waals surface area contributed by atoms with Crippen molar-refractivity contribution in [2.45, 2.75) is 19.8 Å². The van der Waals surface area contributed by atoms with E-state index in [4.69, 9.17) is 0 Å². The van der Waals surface area contributed by atoms with E-state index in [0.717, 1.165) is 18.5 Å². The minimum atomic E-state index is 0.223. The standard InChI is InChI=1S/C8H7Br3OS/c1-4(12)2-3-5-6(9)8(11)13-7(5)10/h2-3H2,1H3. The van der Waals surface area contributed by atoms with E-state index in [1.807, 2.05) is 0 Å². The Morgan fingerprint density at radius 3 is 2.31 bits per heavy atom. The van der Waals surface area contributed by atoms with Crippen molar-refractivity contribution in [1.82, 2.24) is 0 Å². The fourth-order valence-electron chi connectivity index (χ4n) is 0.899. The molecule has 0 aromatic carbocycles. The quantitative estimate of drug-likeness (QED) is 0.739. The minimum absolute atomic E-state index is 0.223. The lowest BCUT2D eigenvalue weighted by Gasteiger charge is -1.97. The molecule has 0 saturated carbocycles. The Balaban J connectivity index is 2.81. The lowest BCUT2D eigenvalue weighted by atomic mass is 10.1. The fourth-order valence-corrected chi connectivity index (χ4v) is 4.89. The number of rotatable bonds is 3. The number of hydrogen-bond acceptors (Lipinski definition) is 2. The molecule has 0 saturated heterocycles. The number of carbonyl (C=O) groups is 1. The van der Waals surface area contributed by atoms with Crippen LogP contribution in [0.3, 0.4) is 0 Å². The van der Waals surface area contributed by atoms with Crippen LogP contribution >= 0.6 is 59.1 Å². The predicted molar refractivity (Wildman–Crippen MR) is 66.4 cm³/mol. The van der Waals surface area contributed by atoms with Crippen LogP contribution in [0.2, 0.25) is 0 Å². The second kappa shape index (κ2) is 5.05. The Hall–Kier alpha value is 0.810. The molecular formula is C8H7Br3OS. The Kier molecular flexibility index (Phi) is 4.62. The van der Waals surface area contributed by atoms with Crippen molar-refractivity contribution >= 4 is 64.9 Å². The summed E-state index contributed by atoms with van der Waals surface area (Å²) in [6.45, 7) is 1.61. The summed E-state index contributed by atoms with van der Waals surface area (Å²) in [5, 5.41) is 0. The van der Waals surface area contributed by atoms with Gasteiger partial charge in [-0.15, -0.1) is 11.3 Å². The van der Waals surface area contributed by atoms with Gasteiger partial charge in [0.25, 0.3) is 0 Å².